The molecule has 1 amide bonds. The highest BCUT2D eigenvalue weighted by molar-refractivity contribution is 6.31. The molecule has 116 valence electrons. The predicted octanol–water partition coefficient (Wildman–Crippen LogP) is 3.05. The second-order valence-corrected chi connectivity index (χ2v) is 6.63. The van der Waals surface area contributed by atoms with Gasteiger partial charge >= 0.3 is 5.97 Å². The van der Waals surface area contributed by atoms with Crippen molar-refractivity contribution in [3.05, 3.63) is 28.8 Å². The average molecular weight is 314 g/mol. The number of carbonyl (C=O) groups is 2. The molecule has 0 spiro atoms. The van der Waals surface area contributed by atoms with E-state index in [1.807, 2.05) is 20.8 Å². The van der Waals surface area contributed by atoms with Gasteiger partial charge in [-0.2, -0.15) is 0 Å². The molecule has 1 rings (SSSR count). The highest BCUT2D eigenvalue weighted by atomic mass is 35.5. The van der Waals surface area contributed by atoms with Crippen molar-refractivity contribution in [1.82, 2.24) is 5.32 Å². The average Bonchev–Trinajstić information content (AvgIpc) is 2.28. The number of carboxylic acids is 1. The maximum atomic E-state index is 12.2. The first-order valence-corrected chi connectivity index (χ1v) is 6.97. The molecule has 1 unspecified atom stereocenters. The van der Waals surface area contributed by atoms with E-state index in [0.29, 0.717) is 11.4 Å². The molecule has 0 aliphatic carbocycles. The van der Waals surface area contributed by atoms with Gasteiger partial charge in [-0.05, 0) is 30.0 Å². The lowest BCUT2D eigenvalue weighted by molar-refractivity contribution is -0.137. The van der Waals surface area contributed by atoms with E-state index in [9.17, 15) is 14.7 Å². The molecule has 0 aromatic heterocycles. The lowest BCUT2D eigenvalue weighted by Gasteiger charge is -2.26. The molecular formula is C15H20ClNO4. The molecule has 0 aliphatic rings. The van der Waals surface area contributed by atoms with Crippen LogP contribution in [0.4, 0.5) is 0 Å². The van der Waals surface area contributed by atoms with Crippen molar-refractivity contribution >= 4 is 23.5 Å². The number of carbonyl (C=O) groups excluding carboxylic acids is 1. The van der Waals surface area contributed by atoms with Crippen LogP contribution in [0.3, 0.4) is 0 Å². The first kappa shape index (κ1) is 17.3. The molecule has 1 aromatic carbocycles. The summed E-state index contributed by atoms with van der Waals surface area (Å²) in [6.45, 7) is 5.89. The molecule has 6 heteroatoms. The Bertz CT molecular complexity index is 537. The number of phenolic OH excluding ortho intramolecular Hbond substituents is 1. The van der Waals surface area contributed by atoms with E-state index < -0.39 is 17.9 Å². The molecule has 0 saturated heterocycles. The standard InChI is InChI=1S/C15H20ClNO4/c1-15(2,3)8-10(7-13(19)20)17-14(21)11-6-9(16)4-5-12(11)18/h4-6,10,18H,7-8H2,1-3H3,(H,17,21)(H,19,20). The Hall–Kier alpha value is -1.75. The first-order chi connectivity index (χ1) is 9.58. The third-order valence-electron chi connectivity index (χ3n) is 2.82. The summed E-state index contributed by atoms with van der Waals surface area (Å²) in [5.74, 6) is -1.72. The molecule has 1 atom stereocenters. The van der Waals surface area contributed by atoms with Gasteiger partial charge in [-0.1, -0.05) is 32.4 Å². The van der Waals surface area contributed by atoms with Gasteiger partial charge in [0.15, 0.2) is 0 Å². The minimum absolute atomic E-state index is 0.0341. The van der Waals surface area contributed by atoms with Gasteiger partial charge in [0.05, 0.1) is 12.0 Å². The highest BCUT2D eigenvalue weighted by Gasteiger charge is 2.24. The number of hydrogen-bond acceptors (Lipinski definition) is 3. The summed E-state index contributed by atoms with van der Waals surface area (Å²) in [6, 6.07) is 3.62. The number of nitrogens with one attached hydrogen (secondary N) is 1. The summed E-state index contributed by atoms with van der Waals surface area (Å²) in [4.78, 5) is 23.1. The number of carboxylic acid groups (broad SMARTS) is 1. The van der Waals surface area contributed by atoms with Gasteiger partial charge in [0.25, 0.3) is 5.91 Å². The highest BCUT2D eigenvalue weighted by Crippen LogP contribution is 2.24. The Morgan fingerprint density at radius 1 is 1.33 bits per heavy atom. The summed E-state index contributed by atoms with van der Waals surface area (Å²) in [7, 11) is 0. The number of amides is 1. The van der Waals surface area contributed by atoms with Crippen LogP contribution < -0.4 is 5.32 Å². The van der Waals surface area contributed by atoms with Crippen molar-refractivity contribution in [3.63, 3.8) is 0 Å². The number of aromatic hydroxyl groups is 1. The molecule has 3 N–H and O–H groups in total. The topological polar surface area (TPSA) is 86.6 Å². The van der Waals surface area contributed by atoms with Crippen LogP contribution in [0.2, 0.25) is 5.02 Å². The van der Waals surface area contributed by atoms with E-state index in [2.05, 4.69) is 5.32 Å². The van der Waals surface area contributed by atoms with Crippen molar-refractivity contribution in [2.24, 2.45) is 5.41 Å². The Kier molecular flexibility index (Phi) is 5.61. The third-order valence-corrected chi connectivity index (χ3v) is 3.05. The molecule has 0 bridgehead atoms. The van der Waals surface area contributed by atoms with Gasteiger partial charge in [-0.25, -0.2) is 0 Å². The quantitative estimate of drug-likeness (QED) is 0.779. The van der Waals surface area contributed by atoms with E-state index in [1.54, 1.807) is 0 Å². The molecule has 21 heavy (non-hydrogen) atoms. The van der Waals surface area contributed by atoms with Crippen LogP contribution in [0.5, 0.6) is 5.75 Å². The van der Waals surface area contributed by atoms with Gasteiger partial charge in [0.1, 0.15) is 5.75 Å². The van der Waals surface area contributed by atoms with Crippen molar-refractivity contribution in [2.75, 3.05) is 0 Å². The maximum Gasteiger partial charge on any atom is 0.305 e. The summed E-state index contributed by atoms with van der Waals surface area (Å²) >= 11 is 5.80. The fourth-order valence-electron chi connectivity index (χ4n) is 2.08. The third kappa shape index (κ3) is 6.04. The lowest BCUT2D eigenvalue weighted by atomic mass is 9.87. The van der Waals surface area contributed by atoms with Crippen molar-refractivity contribution in [1.29, 1.82) is 0 Å². The minimum atomic E-state index is -0.986. The van der Waals surface area contributed by atoms with Gasteiger partial charge in [-0.15, -0.1) is 0 Å². The van der Waals surface area contributed by atoms with Crippen molar-refractivity contribution in [3.8, 4) is 5.75 Å². The van der Waals surface area contributed by atoms with E-state index in [4.69, 9.17) is 16.7 Å². The van der Waals surface area contributed by atoms with Crippen LogP contribution >= 0.6 is 11.6 Å². The van der Waals surface area contributed by atoms with Gasteiger partial charge in [0, 0.05) is 11.1 Å². The molecule has 0 heterocycles. The van der Waals surface area contributed by atoms with Crippen LogP contribution in [-0.4, -0.2) is 28.1 Å². The Morgan fingerprint density at radius 3 is 2.48 bits per heavy atom. The number of rotatable bonds is 5. The SMILES string of the molecule is CC(C)(C)CC(CC(=O)O)NC(=O)c1cc(Cl)ccc1O. The van der Waals surface area contributed by atoms with Gasteiger partial charge in [-0.3, -0.25) is 9.59 Å². The number of benzene rings is 1. The number of hydrogen-bond donors (Lipinski definition) is 3. The predicted molar refractivity (Wildman–Crippen MR) is 80.7 cm³/mol. The normalized spacial score (nSPS) is 12.8. The summed E-state index contributed by atoms with van der Waals surface area (Å²) in [5.41, 5.74) is -0.101. The molecule has 1 aromatic rings. The monoisotopic (exact) mass is 313 g/mol. The smallest absolute Gasteiger partial charge is 0.305 e. The molecule has 0 fully saturated rings. The summed E-state index contributed by atoms with van der Waals surface area (Å²) in [6.07, 6.45) is 0.330. The fraction of sp³-hybridized carbons (Fsp3) is 0.467. The van der Waals surface area contributed by atoms with E-state index in [1.165, 1.54) is 18.2 Å². The van der Waals surface area contributed by atoms with E-state index in [0.717, 1.165) is 0 Å². The molecular weight excluding hydrogens is 294 g/mol. The van der Waals surface area contributed by atoms with Crippen LogP contribution in [0.15, 0.2) is 18.2 Å². The van der Waals surface area contributed by atoms with Crippen molar-refractivity contribution in [2.45, 2.75) is 39.7 Å². The zero-order valence-corrected chi connectivity index (χ0v) is 13.1. The van der Waals surface area contributed by atoms with Crippen LogP contribution in [0.1, 0.15) is 44.0 Å². The zero-order valence-electron chi connectivity index (χ0n) is 12.3. The molecule has 5 nitrogen and oxygen atoms in total. The molecule has 0 aliphatic heterocycles. The Labute approximate surface area is 128 Å². The van der Waals surface area contributed by atoms with Crippen molar-refractivity contribution < 1.29 is 19.8 Å². The number of halogens is 1. The zero-order chi connectivity index (χ0) is 16.2. The molecule has 0 radical (unpaired) electrons. The number of phenols is 1. The number of aliphatic carboxylic acids is 1. The summed E-state index contributed by atoms with van der Waals surface area (Å²) < 4.78 is 0. The lowest BCUT2D eigenvalue weighted by Crippen LogP contribution is -2.39. The van der Waals surface area contributed by atoms with Gasteiger partial charge < -0.3 is 15.5 Å². The van der Waals surface area contributed by atoms with Crippen LogP contribution in [0, 0.1) is 5.41 Å². The first-order valence-electron chi connectivity index (χ1n) is 6.59. The van der Waals surface area contributed by atoms with E-state index >= 15 is 0 Å². The second kappa shape index (κ2) is 6.80. The largest absolute Gasteiger partial charge is 0.507 e. The Balaban J connectivity index is 2.89. The minimum Gasteiger partial charge on any atom is -0.507 e. The summed E-state index contributed by atoms with van der Waals surface area (Å²) in [5, 5.41) is 21.6. The second-order valence-electron chi connectivity index (χ2n) is 6.19. The fourth-order valence-corrected chi connectivity index (χ4v) is 2.25. The van der Waals surface area contributed by atoms with E-state index in [-0.39, 0.29) is 23.1 Å². The van der Waals surface area contributed by atoms with Crippen LogP contribution in [0.25, 0.3) is 0 Å². The maximum absolute atomic E-state index is 12.2. The Morgan fingerprint density at radius 2 is 1.95 bits per heavy atom. The van der Waals surface area contributed by atoms with Gasteiger partial charge in [0.2, 0.25) is 0 Å². The van der Waals surface area contributed by atoms with Crippen LogP contribution in [-0.2, 0) is 4.79 Å². The molecule has 0 saturated carbocycles.